The highest BCUT2D eigenvalue weighted by Gasteiger charge is 2.54. The van der Waals surface area contributed by atoms with E-state index in [2.05, 4.69) is 29.6 Å². The summed E-state index contributed by atoms with van der Waals surface area (Å²) in [5, 5.41) is 12.5. The molecule has 2 aliphatic carbocycles. The van der Waals surface area contributed by atoms with Crippen molar-refractivity contribution >= 4 is 18.0 Å². The lowest BCUT2D eigenvalue weighted by Crippen LogP contribution is -2.47. The summed E-state index contributed by atoms with van der Waals surface area (Å²) >= 11 is 0. The highest BCUT2D eigenvalue weighted by atomic mass is 16.5. The number of alkyl carbamates (subject to hydrolysis) is 1. The normalized spacial score (nSPS) is 24.0. The predicted molar refractivity (Wildman–Crippen MR) is 126 cm³/mol. The van der Waals surface area contributed by atoms with E-state index in [1.807, 2.05) is 24.3 Å². The first-order valence-corrected chi connectivity index (χ1v) is 12.0. The molecule has 1 saturated carbocycles. The highest BCUT2D eigenvalue weighted by molar-refractivity contribution is 5.87. The second kappa shape index (κ2) is 8.78. The molecule has 2 aromatic rings. The van der Waals surface area contributed by atoms with Crippen molar-refractivity contribution in [3.63, 3.8) is 0 Å². The molecule has 34 heavy (non-hydrogen) atoms. The number of aliphatic carboxylic acids is 1. The zero-order chi connectivity index (χ0) is 23.9. The minimum Gasteiger partial charge on any atom is -0.481 e. The zero-order valence-electron chi connectivity index (χ0n) is 19.3. The van der Waals surface area contributed by atoms with E-state index in [1.165, 1.54) is 0 Å². The van der Waals surface area contributed by atoms with Gasteiger partial charge in [0, 0.05) is 19.0 Å². The van der Waals surface area contributed by atoms with Crippen LogP contribution in [-0.2, 0) is 14.3 Å². The van der Waals surface area contributed by atoms with E-state index in [0.717, 1.165) is 41.5 Å². The molecule has 3 atom stereocenters. The summed E-state index contributed by atoms with van der Waals surface area (Å²) in [6.45, 7) is 2.44. The van der Waals surface area contributed by atoms with Gasteiger partial charge in [-0.2, -0.15) is 0 Å². The Morgan fingerprint density at radius 3 is 2.35 bits per heavy atom. The SMILES string of the molecule is CC(NC(=O)OCC1c2ccccc2-c2ccccc21)C(=O)N1CC2CCCCC2(C(=O)O)C1. The Hall–Kier alpha value is -3.35. The Labute approximate surface area is 199 Å². The molecule has 1 saturated heterocycles. The van der Waals surface area contributed by atoms with Gasteiger partial charge >= 0.3 is 12.1 Å². The molecule has 0 radical (unpaired) electrons. The monoisotopic (exact) mass is 462 g/mol. The van der Waals surface area contributed by atoms with Crippen LogP contribution >= 0.6 is 0 Å². The van der Waals surface area contributed by atoms with Crippen LogP contribution in [-0.4, -0.2) is 53.7 Å². The molecule has 3 aliphatic rings. The van der Waals surface area contributed by atoms with Gasteiger partial charge in [0.05, 0.1) is 5.41 Å². The van der Waals surface area contributed by atoms with Crippen LogP contribution in [0.25, 0.3) is 11.1 Å². The van der Waals surface area contributed by atoms with Crippen molar-refractivity contribution < 1.29 is 24.2 Å². The number of carboxylic acids is 1. The molecule has 5 rings (SSSR count). The molecule has 3 unspecified atom stereocenters. The number of rotatable bonds is 5. The lowest BCUT2D eigenvalue weighted by molar-refractivity contribution is -0.152. The Kier molecular flexibility index (Phi) is 5.80. The van der Waals surface area contributed by atoms with Gasteiger partial charge in [-0.25, -0.2) is 4.79 Å². The molecule has 0 spiro atoms. The van der Waals surface area contributed by atoms with Crippen molar-refractivity contribution in [2.75, 3.05) is 19.7 Å². The fourth-order valence-electron chi connectivity index (χ4n) is 6.13. The molecule has 7 nitrogen and oxygen atoms in total. The first kappa shape index (κ1) is 22.4. The van der Waals surface area contributed by atoms with Gasteiger partial charge in [0.1, 0.15) is 12.6 Å². The van der Waals surface area contributed by atoms with Crippen LogP contribution in [0.5, 0.6) is 0 Å². The summed E-state index contributed by atoms with van der Waals surface area (Å²) in [7, 11) is 0. The number of likely N-dealkylation sites (tertiary alicyclic amines) is 1. The van der Waals surface area contributed by atoms with Crippen molar-refractivity contribution in [1.29, 1.82) is 0 Å². The molecule has 2 N–H and O–H groups in total. The third-order valence-corrected chi connectivity index (χ3v) is 7.91. The number of fused-ring (bicyclic) bond motifs is 4. The van der Waals surface area contributed by atoms with Gasteiger partial charge < -0.3 is 20.1 Å². The smallest absolute Gasteiger partial charge is 0.407 e. The molecule has 1 heterocycles. The number of amides is 2. The van der Waals surface area contributed by atoms with Crippen LogP contribution < -0.4 is 5.32 Å². The number of benzene rings is 2. The molecule has 0 bridgehead atoms. The summed E-state index contributed by atoms with van der Waals surface area (Å²) in [6, 6.07) is 15.4. The topological polar surface area (TPSA) is 95.9 Å². The Morgan fingerprint density at radius 2 is 1.74 bits per heavy atom. The van der Waals surface area contributed by atoms with Crippen LogP contribution in [0, 0.1) is 11.3 Å². The summed E-state index contributed by atoms with van der Waals surface area (Å²) in [6.07, 6.45) is 2.65. The number of carboxylic acid groups (broad SMARTS) is 1. The molecule has 2 fully saturated rings. The van der Waals surface area contributed by atoms with Gasteiger partial charge in [0.25, 0.3) is 0 Å². The van der Waals surface area contributed by atoms with Crippen LogP contribution in [0.15, 0.2) is 48.5 Å². The minimum atomic E-state index is -0.850. The van der Waals surface area contributed by atoms with Crippen molar-refractivity contribution in [2.24, 2.45) is 11.3 Å². The summed E-state index contributed by atoms with van der Waals surface area (Å²) in [4.78, 5) is 39.3. The van der Waals surface area contributed by atoms with Gasteiger partial charge in [-0.3, -0.25) is 9.59 Å². The molecule has 2 aromatic carbocycles. The standard InChI is InChI=1S/C27H30N2O5/c1-17(24(30)29-14-18-8-6-7-13-27(18,16-29)25(31)32)28-26(33)34-15-23-21-11-4-2-9-19(21)20-10-3-5-12-22(20)23/h2-5,9-12,17-18,23H,6-8,13-16H2,1H3,(H,28,33)(H,31,32). The molecule has 2 amide bonds. The fourth-order valence-corrected chi connectivity index (χ4v) is 6.13. The lowest BCUT2D eigenvalue weighted by Gasteiger charge is -2.34. The predicted octanol–water partition coefficient (Wildman–Crippen LogP) is 4.02. The Bertz CT molecular complexity index is 1090. The maximum Gasteiger partial charge on any atom is 0.407 e. The van der Waals surface area contributed by atoms with Crippen LogP contribution in [0.3, 0.4) is 0 Å². The number of hydrogen-bond donors (Lipinski definition) is 2. The Morgan fingerprint density at radius 1 is 1.09 bits per heavy atom. The number of ether oxygens (including phenoxy) is 1. The maximum absolute atomic E-state index is 13.0. The summed E-state index contributed by atoms with van der Waals surface area (Å²) in [5.41, 5.74) is 3.70. The zero-order valence-corrected chi connectivity index (χ0v) is 19.3. The van der Waals surface area contributed by atoms with Gasteiger partial charge in [-0.05, 0) is 47.9 Å². The van der Waals surface area contributed by atoms with Gasteiger partial charge in [-0.15, -0.1) is 0 Å². The minimum absolute atomic E-state index is 0.0237. The van der Waals surface area contributed by atoms with Crippen LogP contribution in [0.1, 0.15) is 49.7 Å². The number of nitrogens with one attached hydrogen (secondary N) is 1. The quantitative estimate of drug-likeness (QED) is 0.700. The fraction of sp³-hybridized carbons (Fsp3) is 0.444. The van der Waals surface area contributed by atoms with E-state index < -0.39 is 23.5 Å². The summed E-state index contributed by atoms with van der Waals surface area (Å²) < 4.78 is 5.56. The average molecular weight is 463 g/mol. The number of hydrogen-bond acceptors (Lipinski definition) is 4. The summed E-state index contributed by atoms with van der Waals surface area (Å²) in [5.74, 6) is -1.15. The van der Waals surface area contributed by atoms with E-state index in [4.69, 9.17) is 4.74 Å². The Balaban J connectivity index is 1.20. The van der Waals surface area contributed by atoms with E-state index >= 15 is 0 Å². The largest absolute Gasteiger partial charge is 0.481 e. The third kappa shape index (κ3) is 3.73. The van der Waals surface area contributed by atoms with E-state index in [1.54, 1.807) is 11.8 Å². The number of nitrogens with zero attached hydrogens (tertiary/aromatic N) is 1. The van der Waals surface area contributed by atoms with Gasteiger partial charge in [0.2, 0.25) is 5.91 Å². The molecular weight excluding hydrogens is 432 g/mol. The van der Waals surface area contributed by atoms with E-state index in [9.17, 15) is 19.5 Å². The maximum atomic E-state index is 13.0. The lowest BCUT2D eigenvalue weighted by atomic mass is 9.68. The van der Waals surface area contributed by atoms with Crippen molar-refractivity contribution in [3.8, 4) is 11.1 Å². The van der Waals surface area contributed by atoms with Gasteiger partial charge in [-0.1, -0.05) is 61.4 Å². The average Bonchev–Trinajstić information content (AvgIpc) is 3.39. The first-order valence-electron chi connectivity index (χ1n) is 12.0. The van der Waals surface area contributed by atoms with Crippen molar-refractivity contribution in [2.45, 2.75) is 44.6 Å². The van der Waals surface area contributed by atoms with Crippen LogP contribution in [0.4, 0.5) is 4.79 Å². The number of carbonyl (C=O) groups excluding carboxylic acids is 2. The first-order chi connectivity index (χ1) is 16.4. The van der Waals surface area contributed by atoms with E-state index in [-0.39, 0.29) is 30.9 Å². The number of carbonyl (C=O) groups is 3. The van der Waals surface area contributed by atoms with E-state index in [0.29, 0.717) is 13.0 Å². The van der Waals surface area contributed by atoms with Crippen LogP contribution in [0.2, 0.25) is 0 Å². The molecule has 178 valence electrons. The van der Waals surface area contributed by atoms with Crippen molar-refractivity contribution in [1.82, 2.24) is 10.2 Å². The molecule has 1 aliphatic heterocycles. The second-order valence-corrected chi connectivity index (χ2v) is 9.81. The molecule has 0 aromatic heterocycles. The highest BCUT2D eigenvalue weighted by Crippen LogP contribution is 2.47. The van der Waals surface area contributed by atoms with Gasteiger partial charge in [0.15, 0.2) is 0 Å². The molecule has 7 heteroatoms. The third-order valence-electron chi connectivity index (χ3n) is 7.91. The van der Waals surface area contributed by atoms with Crippen molar-refractivity contribution in [3.05, 3.63) is 59.7 Å². The molecular formula is C27H30N2O5. The second-order valence-electron chi connectivity index (χ2n) is 9.81.